The zero-order chi connectivity index (χ0) is 11.5. The highest BCUT2D eigenvalue weighted by molar-refractivity contribution is 7.15. The van der Waals surface area contributed by atoms with Gasteiger partial charge in [-0.1, -0.05) is 0 Å². The second-order valence-corrected chi connectivity index (χ2v) is 4.83. The van der Waals surface area contributed by atoms with Crippen molar-refractivity contribution in [2.75, 3.05) is 7.11 Å². The normalized spacial score (nSPS) is 12.4. The fourth-order valence-electron chi connectivity index (χ4n) is 1.51. The molecule has 3 heteroatoms. The van der Waals surface area contributed by atoms with E-state index in [1.165, 1.54) is 15.3 Å². The number of hydrogen-bond acceptors (Lipinski definition) is 3. The summed E-state index contributed by atoms with van der Waals surface area (Å²) in [4.78, 5) is 2.46. The summed E-state index contributed by atoms with van der Waals surface area (Å²) >= 11 is 1.74. The molecule has 0 fully saturated rings. The van der Waals surface area contributed by atoms with Crippen molar-refractivity contribution in [3.05, 3.63) is 41.3 Å². The maximum atomic E-state index is 5.84. The molecule has 2 aromatic rings. The van der Waals surface area contributed by atoms with Gasteiger partial charge < -0.3 is 10.5 Å². The number of rotatable bonds is 3. The van der Waals surface area contributed by atoms with Crippen LogP contribution in [0.25, 0.3) is 10.4 Å². The van der Waals surface area contributed by atoms with Gasteiger partial charge in [0.1, 0.15) is 5.75 Å². The maximum Gasteiger partial charge on any atom is 0.118 e. The van der Waals surface area contributed by atoms with Gasteiger partial charge in [-0.05, 0) is 48.9 Å². The van der Waals surface area contributed by atoms with Gasteiger partial charge in [0.25, 0.3) is 0 Å². The molecule has 0 spiro atoms. The van der Waals surface area contributed by atoms with E-state index in [9.17, 15) is 0 Å². The molecule has 1 aromatic carbocycles. The van der Waals surface area contributed by atoms with Gasteiger partial charge in [0.15, 0.2) is 0 Å². The summed E-state index contributed by atoms with van der Waals surface area (Å²) in [6.07, 6.45) is 0. The molecule has 0 saturated heterocycles. The summed E-state index contributed by atoms with van der Waals surface area (Å²) < 4.78 is 5.13. The largest absolute Gasteiger partial charge is 0.497 e. The lowest BCUT2D eigenvalue weighted by molar-refractivity contribution is 0.415. The number of ether oxygens (including phenoxy) is 1. The van der Waals surface area contributed by atoms with Crippen LogP contribution in [0, 0.1) is 0 Å². The molecule has 1 heterocycles. The van der Waals surface area contributed by atoms with Crippen molar-refractivity contribution >= 4 is 11.3 Å². The zero-order valence-corrected chi connectivity index (χ0v) is 10.3. The van der Waals surface area contributed by atoms with Gasteiger partial charge in [-0.2, -0.15) is 0 Å². The molecule has 1 atom stereocenters. The van der Waals surface area contributed by atoms with Crippen LogP contribution in [0.15, 0.2) is 36.4 Å². The molecule has 0 radical (unpaired) electrons. The van der Waals surface area contributed by atoms with Crippen LogP contribution in [-0.2, 0) is 0 Å². The smallest absolute Gasteiger partial charge is 0.118 e. The average Bonchev–Trinajstić information content (AvgIpc) is 2.78. The third-order valence-corrected chi connectivity index (χ3v) is 3.79. The molecule has 0 aliphatic carbocycles. The lowest BCUT2D eigenvalue weighted by Gasteiger charge is -2.01. The monoisotopic (exact) mass is 233 g/mol. The fourth-order valence-corrected chi connectivity index (χ4v) is 2.47. The molecule has 2 rings (SSSR count). The van der Waals surface area contributed by atoms with Gasteiger partial charge in [0.2, 0.25) is 0 Å². The number of nitrogens with two attached hydrogens (primary N) is 1. The van der Waals surface area contributed by atoms with Gasteiger partial charge >= 0.3 is 0 Å². The minimum atomic E-state index is 0.108. The molecule has 0 saturated carbocycles. The SMILES string of the molecule is COc1ccc(-c2ccc(C(C)N)s2)cc1. The van der Waals surface area contributed by atoms with Crippen LogP contribution < -0.4 is 10.5 Å². The molecule has 0 aliphatic heterocycles. The molecule has 0 aliphatic rings. The molecule has 0 bridgehead atoms. The van der Waals surface area contributed by atoms with E-state index in [0.717, 1.165) is 5.75 Å². The van der Waals surface area contributed by atoms with Gasteiger partial charge in [-0.15, -0.1) is 11.3 Å². The summed E-state index contributed by atoms with van der Waals surface area (Å²) in [7, 11) is 1.67. The van der Waals surface area contributed by atoms with Crippen molar-refractivity contribution < 1.29 is 4.74 Å². The first-order chi connectivity index (χ1) is 7.70. The van der Waals surface area contributed by atoms with Crippen LogP contribution in [0.3, 0.4) is 0 Å². The first kappa shape index (κ1) is 11.2. The minimum Gasteiger partial charge on any atom is -0.497 e. The molecule has 0 amide bonds. The molecule has 1 aromatic heterocycles. The molecular weight excluding hydrogens is 218 g/mol. The molecule has 2 nitrogen and oxygen atoms in total. The van der Waals surface area contributed by atoms with Gasteiger partial charge in [-0.3, -0.25) is 0 Å². The van der Waals surface area contributed by atoms with E-state index in [1.54, 1.807) is 18.4 Å². The Labute approximate surface area is 99.7 Å². The summed E-state index contributed by atoms with van der Waals surface area (Å²) in [5, 5.41) is 0. The fraction of sp³-hybridized carbons (Fsp3) is 0.231. The number of thiophene rings is 1. The van der Waals surface area contributed by atoms with Crippen molar-refractivity contribution in [3.8, 4) is 16.2 Å². The molecular formula is C13H15NOS. The van der Waals surface area contributed by atoms with E-state index in [1.807, 2.05) is 19.1 Å². The highest BCUT2D eigenvalue weighted by Crippen LogP contribution is 2.31. The van der Waals surface area contributed by atoms with E-state index in [0.29, 0.717) is 0 Å². The Morgan fingerprint density at radius 1 is 1.12 bits per heavy atom. The Balaban J connectivity index is 2.28. The van der Waals surface area contributed by atoms with E-state index in [2.05, 4.69) is 24.3 Å². The Kier molecular flexibility index (Phi) is 3.27. The number of hydrogen-bond donors (Lipinski definition) is 1. The third kappa shape index (κ3) is 2.26. The second kappa shape index (κ2) is 4.68. The first-order valence-electron chi connectivity index (χ1n) is 5.20. The van der Waals surface area contributed by atoms with Crippen molar-refractivity contribution in [1.29, 1.82) is 0 Å². The predicted molar refractivity (Wildman–Crippen MR) is 68.9 cm³/mol. The molecule has 16 heavy (non-hydrogen) atoms. The van der Waals surface area contributed by atoms with Crippen molar-refractivity contribution in [2.45, 2.75) is 13.0 Å². The quantitative estimate of drug-likeness (QED) is 0.881. The topological polar surface area (TPSA) is 35.2 Å². The van der Waals surface area contributed by atoms with E-state index >= 15 is 0 Å². The average molecular weight is 233 g/mol. The standard InChI is InChI=1S/C13H15NOS/c1-9(14)12-7-8-13(16-12)10-3-5-11(15-2)6-4-10/h3-9H,14H2,1-2H3. The van der Waals surface area contributed by atoms with Crippen LogP contribution in [0.4, 0.5) is 0 Å². The van der Waals surface area contributed by atoms with Gasteiger partial charge in [-0.25, -0.2) is 0 Å². The highest BCUT2D eigenvalue weighted by Gasteiger charge is 2.05. The highest BCUT2D eigenvalue weighted by atomic mass is 32.1. The van der Waals surface area contributed by atoms with E-state index in [-0.39, 0.29) is 6.04 Å². The summed E-state index contributed by atoms with van der Waals surface area (Å²) in [6, 6.07) is 12.4. The molecule has 84 valence electrons. The summed E-state index contributed by atoms with van der Waals surface area (Å²) in [5.74, 6) is 0.882. The Bertz CT molecular complexity index is 459. The van der Waals surface area contributed by atoms with Crippen LogP contribution >= 0.6 is 11.3 Å². The van der Waals surface area contributed by atoms with Gasteiger partial charge in [0, 0.05) is 15.8 Å². The maximum absolute atomic E-state index is 5.84. The molecule has 2 N–H and O–H groups in total. The number of methoxy groups -OCH3 is 1. The first-order valence-corrected chi connectivity index (χ1v) is 6.02. The summed E-state index contributed by atoms with van der Waals surface area (Å²) in [6.45, 7) is 2.00. The number of benzene rings is 1. The van der Waals surface area contributed by atoms with Crippen LogP contribution in [0.1, 0.15) is 17.8 Å². The lowest BCUT2D eigenvalue weighted by Crippen LogP contribution is -2.01. The van der Waals surface area contributed by atoms with Crippen LogP contribution in [0.5, 0.6) is 5.75 Å². The van der Waals surface area contributed by atoms with E-state index in [4.69, 9.17) is 10.5 Å². The van der Waals surface area contributed by atoms with Crippen LogP contribution in [0.2, 0.25) is 0 Å². The zero-order valence-electron chi connectivity index (χ0n) is 9.44. The van der Waals surface area contributed by atoms with Crippen molar-refractivity contribution in [2.24, 2.45) is 5.73 Å². The second-order valence-electron chi connectivity index (χ2n) is 3.72. The van der Waals surface area contributed by atoms with Crippen LogP contribution in [-0.4, -0.2) is 7.11 Å². The molecule has 1 unspecified atom stereocenters. The lowest BCUT2D eigenvalue weighted by atomic mass is 10.2. The third-order valence-electron chi connectivity index (χ3n) is 2.45. The Morgan fingerprint density at radius 3 is 2.31 bits per heavy atom. The van der Waals surface area contributed by atoms with Gasteiger partial charge in [0.05, 0.1) is 7.11 Å². The van der Waals surface area contributed by atoms with E-state index < -0.39 is 0 Å². The predicted octanol–water partition coefficient (Wildman–Crippen LogP) is 3.44. The Morgan fingerprint density at radius 2 is 1.81 bits per heavy atom. The van der Waals surface area contributed by atoms with Crippen molar-refractivity contribution in [3.63, 3.8) is 0 Å². The Hall–Kier alpha value is -1.32. The summed E-state index contributed by atoms with van der Waals surface area (Å²) in [5.41, 5.74) is 7.05. The minimum absolute atomic E-state index is 0.108. The van der Waals surface area contributed by atoms with Crippen molar-refractivity contribution in [1.82, 2.24) is 0 Å².